The van der Waals surface area contributed by atoms with E-state index in [1.165, 1.54) is 0 Å². The Morgan fingerprint density at radius 2 is 2.00 bits per heavy atom. The molecule has 0 saturated carbocycles. The predicted octanol–water partition coefficient (Wildman–Crippen LogP) is 3.87. The fraction of sp³-hybridized carbons (Fsp3) is 0.200. The zero-order valence-corrected chi connectivity index (χ0v) is 11.9. The largest absolute Gasteiger partial charge is 0.289 e. The van der Waals surface area contributed by atoms with Gasteiger partial charge < -0.3 is 0 Å². The Labute approximate surface area is 119 Å². The fourth-order valence-electron chi connectivity index (χ4n) is 2.81. The summed E-state index contributed by atoms with van der Waals surface area (Å²) in [5, 5.41) is 9.55. The van der Waals surface area contributed by atoms with E-state index in [0.29, 0.717) is 11.3 Å². The monoisotopic (exact) mass is 281 g/mol. The third-order valence-corrected chi connectivity index (χ3v) is 4.74. The van der Waals surface area contributed by atoms with Crippen molar-refractivity contribution in [3.05, 3.63) is 56.5 Å². The van der Waals surface area contributed by atoms with E-state index in [1.807, 2.05) is 38.1 Å². The second-order valence-corrected chi connectivity index (χ2v) is 6.15. The zero-order chi connectivity index (χ0) is 13.9. The van der Waals surface area contributed by atoms with E-state index in [0.717, 1.165) is 26.7 Å². The Morgan fingerprint density at radius 1 is 1.20 bits per heavy atom. The molecule has 0 radical (unpaired) electrons. The van der Waals surface area contributed by atoms with Crippen LogP contribution in [0.5, 0.6) is 0 Å². The van der Waals surface area contributed by atoms with Gasteiger partial charge in [0.05, 0.1) is 21.2 Å². The SMILES string of the molecule is Cc1nc(C)c(C2=C3C(=O)c4ccccc4C3N=N2)s1. The van der Waals surface area contributed by atoms with Crippen molar-refractivity contribution in [2.75, 3.05) is 0 Å². The Hall–Kier alpha value is -2.14. The number of hydrogen-bond acceptors (Lipinski definition) is 5. The molecule has 0 bridgehead atoms. The summed E-state index contributed by atoms with van der Waals surface area (Å²) in [5.74, 6) is 0.0519. The highest BCUT2D eigenvalue weighted by Gasteiger charge is 2.41. The molecule has 20 heavy (non-hydrogen) atoms. The molecule has 1 aliphatic carbocycles. The number of Topliss-reactive ketones (excluding diaryl/α,β-unsaturated/α-hetero) is 1. The van der Waals surface area contributed by atoms with Crippen LogP contribution in [-0.4, -0.2) is 10.8 Å². The van der Waals surface area contributed by atoms with Crippen molar-refractivity contribution in [1.82, 2.24) is 4.98 Å². The summed E-state index contributed by atoms with van der Waals surface area (Å²) in [4.78, 5) is 18.0. The van der Waals surface area contributed by atoms with Crippen molar-refractivity contribution in [3.63, 3.8) is 0 Å². The number of fused-ring (bicyclic) bond motifs is 3. The summed E-state index contributed by atoms with van der Waals surface area (Å²) in [6, 6.07) is 7.41. The topological polar surface area (TPSA) is 54.7 Å². The van der Waals surface area contributed by atoms with Gasteiger partial charge in [-0.1, -0.05) is 24.3 Å². The number of carbonyl (C=O) groups excluding carboxylic acids is 1. The first-order chi connectivity index (χ1) is 9.66. The average molecular weight is 281 g/mol. The van der Waals surface area contributed by atoms with E-state index in [2.05, 4.69) is 15.2 Å². The fourth-order valence-corrected chi connectivity index (χ4v) is 3.73. The zero-order valence-electron chi connectivity index (χ0n) is 11.0. The molecule has 2 aliphatic rings. The number of ketones is 1. The first-order valence-electron chi connectivity index (χ1n) is 6.40. The van der Waals surface area contributed by atoms with E-state index in [1.54, 1.807) is 11.3 Å². The number of carbonyl (C=O) groups is 1. The van der Waals surface area contributed by atoms with E-state index in [-0.39, 0.29) is 11.8 Å². The highest BCUT2D eigenvalue weighted by atomic mass is 32.1. The average Bonchev–Trinajstić information content (AvgIpc) is 3.07. The lowest BCUT2D eigenvalue weighted by Gasteiger charge is -1.99. The van der Waals surface area contributed by atoms with E-state index >= 15 is 0 Å². The van der Waals surface area contributed by atoms with Crippen molar-refractivity contribution < 1.29 is 4.79 Å². The quantitative estimate of drug-likeness (QED) is 0.796. The van der Waals surface area contributed by atoms with Gasteiger partial charge in [0, 0.05) is 5.56 Å². The maximum Gasteiger partial charge on any atom is 0.194 e. The second-order valence-electron chi connectivity index (χ2n) is 4.94. The first kappa shape index (κ1) is 11.7. The Balaban J connectivity index is 1.95. The van der Waals surface area contributed by atoms with Crippen LogP contribution in [-0.2, 0) is 0 Å². The molecule has 0 saturated heterocycles. The molecule has 1 atom stereocenters. The van der Waals surface area contributed by atoms with E-state index in [4.69, 9.17) is 0 Å². The minimum atomic E-state index is -0.226. The number of thiazole rings is 1. The van der Waals surface area contributed by atoms with Gasteiger partial charge in [-0.25, -0.2) is 4.98 Å². The van der Waals surface area contributed by atoms with Crippen LogP contribution in [0.15, 0.2) is 40.1 Å². The third-order valence-electron chi connectivity index (χ3n) is 3.66. The molecule has 2 heterocycles. The Bertz CT molecular complexity index is 816. The van der Waals surface area contributed by atoms with Crippen molar-refractivity contribution in [1.29, 1.82) is 0 Å². The van der Waals surface area contributed by atoms with Crippen LogP contribution >= 0.6 is 11.3 Å². The molecule has 1 aromatic heterocycles. The highest BCUT2D eigenvalue weighted by Crippen LogP contribution is 2.48. The molecule has 1 unspecified atom stereocenters. The van der Waals surface area contributed by atoms with Crippen LogP contribution in [0.2, 0.25) is 0 Å². The van der Waals surface area contributed by atoms with Gasteiger partial charge in [-0.05, 0) is 19.4 Å². The van der Waals surface area contributed by atoms with Crippen LogP contribution in [0.1, 0.15) is 37.5 Å². The van der Waals surface area contributed by atoms with Gasteiger partial charge in [0.25, 0.3) is 0 Å². The molecule has 98 valence electrons. The van der Waals surface area contributed by atoms with E-state index < -0.39 is 0 Å². The summed E-state index contributed by atoms with van der Waals surface area (Å²) in [6.45, 7) is 3.91. The van der Waals surface area contributed by atoms with Crippen molar-refractivity contribution in [3.8, 4) is 0 Å². The summed E-state index contributed by atoms with van der Waals surface area (Å²) >= 11 is 1.57. The van der Waals surface area contributed by atoms with Gasteiger partial charge >= 0.3 is 0 Å². The van der Waals surface area contributed by atoms with Crippen LogP contribution in [0.25, 0.3) is 5.70 Å². The van der Waals surface area contributed by atoms with Crippen LogP contribution in [0.4, 0.5) is 0 Å². The molecule has 4 rings (SSSR count). The third kappa shape index (κ3) is 1.41. The number of nitrogens with zero attached hydrogens (tertiary/aromatic N) is 3. The Morgan fingerprint density at radius 3 is 2.75 bits per heavy atom. The second kappa shape index (κ2) is 3.93. The minimum absolute atomic E-state index is 0.0519. The number of azo groups is 1. The molecule has 4 nitrogen and oxygen atoms in total. The molecular weight excluding hydrogens is 270 g/mol. The highest BCUT2D eigenvalue weighted by molar-refractivity contribution is 7.12. The maximum absolute atomic E-state index is 12.6. The summed E-state index contributed by atoms with van der Waals surface area (Å²) in [6.07, 6.45) is 0. The minimum Gasteiger partial charge on any atom is -0.289 e. The van der Waals surface area contributed by atoms with Gasteiger partial charge in [-0.3, -0.25) is 4.79 Å². The molecule has 0 N–H and O–H groups in total. The summed E-state index contributed by atoms with van der Waals surface area (Å²) in [5.41, 5.74) is 4.04. The molecule has 1 aromatic carbocycles. The lowest BCUT2D eigenvalue weighted by molar-refractivity contribution is 0.103. The lowest BCUT2D eigenvalue weighted by Crippen LogP contribution is -1.98. The molecule has 0 amide bonds. The molecule has 0 fully saturated rings. The molecule has 0 spiro atoms. The number of rotatable bonds is 1. The molecule has 5 heteroatoms. The molecule has 2 aromatic rings. The summed E-state index contributed by atoms with van der Waals surface area (Å²) in [7, 11) is 0. The van der Waals surface area contributed by atoms with Crippen LogP contribution < -0.4 is 0 Å². The van der Waals surface area contributed by atoms with Crippen molar-refractivity contribution in [2.45, 2.75) is 19.9 Å². The lowest BCUT2D eigenvalue weighted by atomic mass is 10.1. The number of hydrogen-bond donors (Lipinski definition) is 0. The van der Waals surface area contributed by atoms with E-state index in [9.17, 15) is 4.79 Å². The molecular formula is C15H11N3OS. The standard InChI is InChI=1S/C15H11N3OS/c1-7-15(20-8(2)16-7)13-11-12(17-18-13)9-5-3-4-6-10(9)14(11)19/h3-6,12H,1-2H3. The van der Waals surface area contributed by atoms with Gasteiger partial charge in [0.15, 0.2) is 5.78 Å². The van der Waals surface area contributed by atoms with Crippen LogP contribution in [0, 0.1) is 13.8 Å². The first-order valence-corrected chi connectivity index (χ1v) is 7.21. The molecule has 1 aliphatic heterocycles. The van der Waals surface area contributed by atoms with Gasteiger partial charge in [-0.15, -0.1) is 11.3 Å². The maximum atomic E-state index is 12.6. The normalized spacial score (nSPS) is 19.7. The summed E-state index contributed by atoms with van der Waals surface area (Å²) < 4.78 is 0. The van der Waals surface area contributed by atoms with Crippen molar-refractivity contribution >= 4 is 22.8 Å². The van der Waals surface area contributed by atoms with Gasteiger partial charge in [0.2, 0.25) is 0 Å². The number of benzene rings is 1. The van der Waals surface area contributed by atoms with Crippen molar-refractivity contribution in [2.24, 2.45) is 10.2 Å². The van der Waals surface area contributed by atoms with Crippen LogP contribution in [0.3, 0.4) is 0 Å². The Kier molecular flexibility index (Phi) is 2.29. The number of aryl methyl sites for hydroxylation is 2. The van der Waals surface area contributed by atoms with Gasteiger partial charge in [0.1, 0.15) is 11.7 Å². The predicted molar refractivity (Wildman–Crippen MR) is 76.9 cm³/mol. The number of aromatic nitrogens is 1. The smallest absolute Gasteiger partial charge is 0.194 e. The van der Waals surface area contributed by atoms with Gasteiger partial charge in [-0.2, -0.15) is 10.2 Å².